The second kappa shape index (κ2) is 5.57. The van der Waals surface area contributed by atoms with E-state index in [-0.39, 0.29) is 11.3 Å². The summed E-state index contributed by atoms with van der Waals surface area (Å²) in [5, 5.41) is 14.9. The lowest BCUT2D eigenvalue weighted by Crippen LogP contribution is -2.72. The fraction of sp³-hybridized carbons (Fsp3) is 0.450. The highest BCUT2D eigenvalue weighted by molar-refractivity contribution is 6.02. The molecule has 2 saturated heterocycles. The monoisotopic (exact) mass is 378 g/mol. The molecule has 1 amide bonds. The number of carbonyl (C=O) groups excluding carboxylic acids is 1. The number of carbonyl (C=O) groups is 1. The van der Waals surface area contributed by atoms with Crippen molar-refractivity contribution >= 4 is 28.5 Å². The minimum atomic E-state index is -0.0305. The first-order valence-corrected chi connectivity index (χ1v) is 9.82. The molecule has 0 bridgehead atoms. The van der Waals surface area contributed by atoms with Gasteiger partial charge in [0.25, 0.3) is 5.91 Å². The summed E-state index contributed by atoms with van der Waals surface area (Å²) in [6.07, 6.45) is 4.06. The molecule has 0 aromatic carbocycles. The highest BCUT2D eigenvalue weighted by atomic mass is 16.3. The van der Waals surface area contributed by atoms with Crippen molar-refractivity contribution in [2.75, 3.05) is 31.5 Å². The van der Waals surface area contributed by atoms with Crippen LogP contribution in [0.15, 0.2) is 22.8 Å². The van der Waals surface area contributed by atoms with Gasteiger partial charge in [-0.05, 0) is 25.8 Å². The summed E-state index contributed by atoms with van der Waals surface area (Å²) in [5.41, 5.74) is 3.36. The quantitative estimate of drug-likeness (QED) is 0.645. The number of nitrogens with one attached hydrogen (secondary N) is 3. The molecule has 3 fully saturated rings. The molecule has 3 aromatic heterocycles. The van der Waals surface area contributed by atoms with E-state index >= 15 is 0 Å². The van der Waals surface area contributed by atoms with E-state index in [4.69, 9.17) is 9.40 Å². The fourth-order valence-electron chi connectivity index (χ4n) is 4.34. The van der Waals surface area contributed by atoms with Gasteiger partial charge >= 0.3 is 0 Å². The lowest BCUT2D eigenvalue weighted by atomic mass is 9.74. The van der Waals surface area contributed by atoms with E-state index in [2.05, 4.69) is 20.8 Å². The van der Waals surface area contributed by atoms with E-state index in [1.807, 2.05) is 24.0 Å². The first-order valence-electron chi connectivity index (χ1n) is 9.82. The molecule has 8 nitrogen and oxygen atoms in total. The molecule has 144 valence electrons. The number of H-pyrrole nitrogens is 1. The lowest BCUT2D eigenvalue weighted by molar-refractivity contribution is -0.0251. The molecule has 28 heavy (non-hydrogen) atoms. The van der Waals surface area contributed by atoms with Gasteiger partial charge in [0.1, 0.15) is 17.1 Å². The van der Waals surface area contributed by atoms with Crippen LogP contribution in [0.3, 0.4) is 0 Å². The molecule has 0 atom stereocenters. The summed E-state index contributed by atoms with van der Waals surface area (Å²) in [5.74, 6) is 1.88. The Morgan fingerprint density at radius 1 is 1.36 bits per heavy atom. The van der Waals surface area contributed by atoms with Crippen molar-refractivity contribution < 1.29 is 9.21 Å². The molecule has 3 aliphatic rings. The van der Waals surface area contributed by atoms with Crippen LogP contribution in [0.4, 0.5) is 11.6 Å². The molecular weight excluding hydrogens is 356 g/mol. The Morgan fingerprint density at radius 2 is 2.18 bits per heavy atom. The molecule has 3 aromatic rings. The number of furan rings is 1. The minimum Gasteiger partial charge on any atom is -0.464 e. The van der Waals surface area contributed by atoms with Crippen molar-refractivity contribution in [2.24, 2.45) is 5.41 Å². The van der Waals surface area contributed by atoms with Crippen LogP contribution in [0.5, 0.6) is 0 Å². The maximum atomic E-state index is 13.1. The number of anilines is 2. The number of nitrogens with zero attached hydrogens (tertiary/aromatic N) is 3. The molecule has 3 N–H and O–H groups in total. The largest absolute Gasteiger partial charge is 0.464 e. The standard InChI is InChI=1S/C20H22N6O2/c1-11-16(19(27)26-9-20(10-26)7-21-8-20)23-18(13-4-5-28-17(11)13)22-15-6-14(24-25-15)12-2-3-12/h4-6,12,21H,2-3,7-10H2,1H3,(H2,22,23,24,25). The van der Waals surface area contributed by atoms with Gasteiger partial charge < -0.3 is 20.0 Å². The van der Waals surface area contributed by atoms with E-state index < -0.39 is 0 Å². The minimum absolute atomic E-state index is 0.0305. The number of aromatic nitrogens is 3. The number of hydrogen-bond acceptors (Lipinski definition) is 6. The maximum absolute atomic E-state index is 13.1. The summed E-state index contributed by atoms with van der Waals surface area (Å²) in [4.78, 5) is 19.7. The highest BCUT2D eigenvalue weighted by Gasteiger charge is 2.49. The van der Waals surface area contributed by atoms with Gasteiger partial charge in [-0.3, -0.25) is 9.89 Å². The predicted octanol–water partition coefficient (Wildman–Crippen LogP) is 2.53. The van der Waals surface area contributed by atoms with Crippen LogP contribution in [-0.4, -0.2) is 52.2 Å². The summed E-state index contributed by atoms with van der Waals surface area (Å²) in [6, 6.07) is 3.90. The Balaban J connectivity index is 1.33. The normalized spacial score (nSPS) is 20.2. The molecule has 1 aliphatic carbocycles. The summed E-state index contributed by atoms with van der Waals surface area (Å²) < 4.78 is 5.69. The maximum Gasteiger partial charge on any atom is 0.273 e. The highest BCUT2D eigenvalue weighted by Crippen LogP contribution is 2.40. The van der Waals surface area contributed by atoms with Crippen LogP contribution >= 0.6 is 0 Å². The van der Waals surface area contributed by atoms with Crippen molar-refractivity contribution in [3.05, 3.63) is 35.3 Å². The third-order valence-electron chi connectivity index (χ3n) is 6.24. The molecule has 0 radical (unpaired) electrons. The Hall–Kier alpha value is -2.87. The average Bonchev–Trinajstić information content (AvgIpc) is 3.14. The van der Waals surface area contributed by atoms with Crippen molar-refractivity contribution in [2.45, 2.75) is 25.7 Å². The van der Waals surface area contributed by atoms with E-state index in [9.17, 15) is 4.79 Å². The van der Waals surface area contributed by atoms with Crippen molar-refractivity contribution in [1.82, 2.24) is 25.4 Å². The van der Waals surface area contributed by atoms with Crippen LogP contribution < -0.4 is 10.6 Å². The molecule has 2 aliphatic heterocycles. The Kier molecular flexibility index (Phi) is 3.21. The molecule has 6 rings (SSSR count). The molecule has 1 saturated carbocycles. The van der Waals surface area contributed by atoms with Crippen molar-refractivity contribution in [1.29, 1.82) is 0 Å². The number of amides is 1. The van der Waals surface area contributed by atoms with Gasteiger partial charge in [0, 0.05) is 54.8 Å². The van der Waals surface area contributed by atoms with Gasteiger partial charge in [0.2, 0.25) is 0 Å². The number of hydrogen-bond donors (Lipinski definition) is 3. The Bertz CT molecular complexity index is 1080. The zero-order valence-electron chi connectivity index (χ0n) is 15.7. The summed E-state index contributed by atoms with van der Waals surface area (Å²) >= 11 is 0. The molecule has 1 spiro atoms. The van der Waals surface area contributed by atoms with E-state index in [0.717, 1.165) is 42.8 Å². The number of fused-ring (bicyclic) bond motifs is 1. The van der Waals surface area contributed by atoms with Gasteiger partial charge in [-0.15, -0.1) is 0 Å². The number of rotatable bonds is 4. The van der Waals surface area contributed by atoms with Crippen LogP contribution in [0.25, 0.3) is 11.0 Å². The molecule has 0 unspecified atom stereocenters. The molecule has 8 heteroatoms. The first-order chi connectivity index (χ1) is 13.6. The van der Waals surface area contributed by atoms with Gasteiger partial charge in [-0.1, -0.05) is 0 Å². The lowest BCUT2D eigenvalue weighted by Gasteiger charge is -2.55. The second-order valence-electron chi connectivity index (χ2n) is 8.47. The average molecular weight is 378 g/mol. The Labute approximate surface area is 161 Å². The van der Waals surface area contributed by atoms with E-state index in [0.29, 0.717) is 28.8 Å². The first kappa shape index (κ1) is 16.1. The smallest absolute Gasteiger partial charge is 0.273 e. The van der Waals surface area contributed by atoms with E-state index in [1.165, 1.54) is 12.8 Å². The predicted molar refractivity (Wildman–Crippen MR) is 104 cm³/mol. The SMILES string of the molecule is Cc1c(C(=O)N2CC3(CNC3)C2)nc(Nc2cc(C3CC3)[nH]n2)c2ccoc12. The second-order valence-corrected chi connectivity index (χ2v) is 8.47. The van der Waals surface area contributed by atoms with Crippen LogP contribution in [0.2, 0.25) is 0 Å². The topological polar surface area (TPSA) is 99.1 Å². The zero-order valence-corrected chi connectivity index (χ0v) is 15.7. The third kappa shape index (κ3) is 2.37. The molecule has 5 heterocycles. The van der Waals surface area contributed by atoms with E-state index in [1.54, 1.807) is 6.26 Å². The van der Waals surface area contributed by atoms with Gasteiger partial charge in [0.15, 0.2) is 5.82 Å². The number of aromatic amines is 1. The van der Waals surface area contributed by atoms with Gasteiger partial charge in [0.05, 0.1) is 11.6 Å². The number of likely N-dealkylation sites (tertiary alicyclic amines) is 1. The molecular formula is C20H22N6O2. The van der Waals surface area contributed by atoms with Crippen LogP contribution in [0.1, 0.15) is 40.5 Å². The van der Waals surface area contributed by atoms with Crippen LogP contribution in [0, 0.1) is 12.3 Å². The fourth-order valence-corrected chi connectivity index (χ4v) is 4.34. The number of aryl methyl sites for hydroxylation is 1. The van der Waals surface area contributed by atoms with Crippen LogP contribution in [-0.2, 0) is 0 Å². The summed E-state index contributed by atoms with van der Waals surface area (Å²) in [7, 11) is 0. The summed E-state index contributed by atoms with van der Waals surface area (Å²) in [6.45, 7) is 5.48. The van der Waals surface area contributed by atoms with Gasteiger partial charge in [-0.2, -0.15) is 5.10 Å². The van der Waals surface area contributed by atoms with Crippen molar-refractivity contribution in [3.8, 4) is 0 Å². The van der Waals surface area contributed by atoms with Gasteiger partial charge in [-0.25, -0.2) is 4.98 Å². The van der Waals surface area contributed by atoms with Crippen molar-refractivity contribution in [3.63, 3.8) is 0 Å². The third-order valence-corrected chi connectivity index (χ3v) is 6.24. The Morgan fingerprint density at radius 3 is 2.89 bits per heavy atom. The zero-order chi connectivity index (χ0) is 18.9. The number of pyridine rings is 1.